The summed E-state index contributed by atoms with van der Waals surface area (Å²) in [4.78, 5) is 12.8. The third kappa shape index (κ3) is 4.15. The van der Waals surface area contributed by atoms with Gasteiger partial charge in [0.25, 0.3) is 0 Å². The van der Waals surface area contributed by atoms with Crippen molar-refractivity contribution in [2.75, 3.05) is 5.75 Å². The van der Waals surface area contributed by atoms with E-state index in [9.17, 15) is 4.79 Å². The number of aryl methyl sites for hydroxylation is 2. The first-order valence-corrected chi connectivity index (χ1v) is 7.96. The molecule has 1 heterocycles. The zero-order valence-corrected chi connectivity index (χ0v) is 13.9. The number of carbonyl (C=O) groups is 1. The highest BCUT2D eigenvalue weighted by Gasteiger charge is 2.12. The van der Waals surface area contributed by atoms with Crippen LogP contribution in [-0.4, -0.2) is 21.9 Å². The summed E-state index contributed by atoms with van der Waals surface area (Å²) in [5, 5.41) is 7.93. The van der Waals surface area contributed by atoms with E-state index in [0.717, 1.165) is 16.3 Å². The first kappa shape index (κ1) is 16.2. The third-order valence-corrected chi connectivity index (χ3v) is 4.81. The molecule has 1 aromatic carbocycles. The predicted octanol–water partition coefficient (Wildman–Crippen LogP) is 4.17. The van der Waals surface area contributed by atoms with E-state index < -0.39 is 0 Å². The fourth-order valence-electron chi connectivity index (χ4n) is 1.75. The van der Waals surface area contributed by atoms with Gasteiger partial charge in [-0.3, -0.25) is 9.89 Å². The molecule has 0 atom stereocenters. The number of hydrogen-bond donors (Lipinski definition) is 1. The van der Waals surface area contributed by atoms with Crippen LogP contribution in [0.15, 0.2) is 23.1 Å². The number of esters is 1. The molecular weight excluding hydrogens is 331 g/mol. The molecule has 2 rings (SSSR count). The van der Waals surface area contributed by atoms with Crippen molar-refractivity contribution in [3.8, 4) is 0 Å². The van der Waals surface area contributed by atoms with Crippen LogP contribution in [0.2, 0.25) is 10.0 Å². The third-order valence-electron chi connectivity index (χ3n) is 2.83. The monoisotopic (exact) mass is 344 g/mol. The van der Waals surface area contributed by atoms with Crippen molar-refractivity contribution in [2.24, 2.45) is 0 Å². The van der Waals surface area contributed by atoms with Crippen LogP contribution in [0, 0.1) is 13.8 Å². The first-order chi connectivity index (χ1) is 9.99. The molecule has 7 heteroatoms. The van der Waals surface area contributed by atoms with Gasteiger partial charge in [-0.25, -0.2) is 0 Å². The number of benzene rings is 1. The van der Waals surface area contributed by atoms with Crippen molar-refractivity contribution in [1.82, 2.24) is 10.2 Å². The largest absolute Gasteiger partial charge is 0.460 e. The molecule has 1 aromatic heterocycles. The number of aromatic nitrogens is 2. The lowest BCUT2D eigenvalue weighted by Gasteiger charge is -2.08. The Morgan fingerprint density at radius 1 is 1.33 bits per heavy atom. The molecule has 1 N–H and O–H groups in total. The zero-order valence-electron chi connectivity index (χ0n) is 11.6. The van der Waals surface area contributed by atoms with Crippen molar-refractivity contribution >= 4 is 40.9 Å². The van der Waals surface area contributed by atoms with Gasteiger partial charge >= 0.3 is 5.97 Å². The number of hydrogen-bond acceptors (Lipinski definition) is 4. The lowest BCUT2D eigenvalue weighted by Crippen LogP contribution is -2.08. The van der Waals surface area contributed by atoms with E-state index in [1.54, 1.807) is 18.2 Å². The van der Waals surface area contributed by atoms with Crippen LogP contribution < -0.4 is 0 Å². The Kier molecular flexibility index (Phi) is 5.56. The average Bonchev–Trinajstić information content (AvgIpc) is 2.75. The maximum absolute atomic E-state index is 11.8. The van der Waals surface area contributed by atoms with Crippen LogP contribution in [0.25, 0.3) is 0 Å². The molecule has 0 saturated carbocycles. The van der Waals surface area contributed by atoms with Crippen LogP contribution >= 0.6 is 35.0 Å². The molecular formula is C14H14Cl2N2O2S. The summed E-state index contributed by atoms with van der Waals surface area (Å²) in [6.45, 7) is 3.87. The Morgan fingerprint density at radius 3 is 2.57 bits per heavy atom. The lowest BCUT2D eigenvalue weighted by atomic mass is 10.2. The Bertz CT molecular complexity index is 619. The molecule has 0 spiro atoms. The number of thioether (sulfide) groups is 1. The molecule has 0 aliphatic rings. The van der Waals surface area contributed by atoms with Gasteiger partial charge < -0.3 is 4.74 Å². The van der Waals surface area contributed by atoms with Gasteiger partial charge in [0.2, 0.25) is 0 Å². The molecule has 112 valence electrons. The van der Waals surface area contributed by atoms with E-state index in [1.165, 1.54) is 11.8 Å². The molecule has 0 aliphatic carbocycles. The molecule has 0 unspecified atom stereocenters. The van der Waals surface area contributed by atoms with Crippen LogP contribution in [0.3, 0.4) is 0 Å². The Hall–Kier alpha value is -1.17. The van der Waals surface area contributed by atoms with Crippen LogP contribution in [0.1, 0.15) is 17.0 Å². The molecule has 0 amide bonds. The van der Waals surface area contributed by atoms with Crippen molar-refractivity contribution in [3.63, 3.8) is 0 Å². The predicted molar refractivity (Wildman–Crippen MR) is 85.0 cm³/mol. The van der Waals surface area contributed by atoms with Crippen molar-refractivity contribution < 1.29 is 9.53 Å². The summed E-state index contributed by atoms with van der Waals surface area (Å²) >= 11 is 13.4. The van der Waals surface area contributed by atoms with Gasteiger partial charge in [-0.15, -0.1) is 11.8 Å². The number of nitrogens with zero attached hydrogens (tertiary/aromatic N) is 1. The first-order valence-electron chi connectivity index (χ1n) is 6.22. The minimum atomic E-state index is -0.323. The highest BCUT2D eigenvalue weighted by atomic mass is 35.5. The van der Waals surface area contributed by atoms with Gasteiger partial charge in [0.15, 0.2) is 0 Å². The fraction of sp³-hybridized carbons (Fsp3) is 0.286. The van der Waals surface area contributed by atoms with E-state index in [4.69, 9.17) is 27.9 Å². The molecule has 2 aromatic rings. The molecule has 0 fully saturated rings. The lowest BCUT2D eigenvalue weighted by molar-refractivity contribution is -0.141. The van der Waals surface area contributed by atoms with E-state index in [2.05, 4.69) is 10.2 Å². The summed E-state index contributed by atoms with van der Waals surface area (Å²) in [6, 6.07) is 5.17. The molecule has 0 radical (unpaired) electrons. The van der Waals surface area contributed by atoms with Crippen molar-refractivity contribution in [2.45, 2.75) is 25.3 Å². The highest BCUT2D eigenvalue weighted by molar-refractivity contribution is 8.00. The number of rotatable bonds is 5. The van der Waals surface area contributed by atoms with Gasteiger partial charge in [-0.1, -0.05) is 29.3 Å². The minimum Gasteiger partial charge on any atom is -0.460 e. The van der Waals surface area contributed by atoms with E-state index in [1.807, 2.05) is 13.8 Å². The minimum absolute atomic E-state index is 0.0707. The molecule has 21 heavy (non-hydrogen) atoms. The smallest absolute Gasteiger partial charge is 0.316 e. The summed E-state index contributed by atoms with van der Waals surface area (Å²) in [6.07, 6.45) is 0. The summed E-state index contributed by atoms with van der Waals surface area (Å²) in [5.74, 6) is -0.112. The number of ether oxygens (including phenoxy) is 1. The number of H-pyrrole nitrogens is 1. The van der Waals surface area contributed by atoms with Gasteiger partial charge in [-0.05, 0) is 26.0 Å². The maximum atomic E-state index is 11.8. The standard InChI is InChI=1S/C14H14Cl2N2O2S/c1-8-14(9(2)18-17-8)21-7-13(19)20-6-10-11(15)4-3-5-12(10)16/h3-5H,6-7H2,1-2H3,(H,17,18). The van der Waals surface area contributed by atoms with Gasteiger partial charge in [-0.2, -0.15) is 5.10 Å². The molecule has 0 aliphatic heterocycles. The summed E-state index contributed by atoms with van der Waals surface area (Å²) in [5.41, 5.74) is 2.44. The number of halogens is 2. The zero-order chi connectivity index (χ0) is 15.4. The summed E-state index contributed by atoms with van der Waals surface area (Å²) < 4.78 is 5.21. The topological polar surface area (TPSA) is 55.0 Å². The normalized spacial score (nSPS) is 10.7. The quantitative estimate of drug-likeness (QED) is 0.653. The average molecular weight is 345 g/mol. The van der Waals surface area contributed by atoms with Gasteiger partial charge in [0.05, 0.1) is 16.3 Å². The van der Waals surface area contributed by atoms with E-state index in [-0.39, 0.29) is 18.3 Å². The van der Waals surface area contributed by atoms with E-state index >= 15 is 0 Å². The van der Waals surface area contributed by atoms with Crippen molar-refractivity contribution in [3.05, 3.63) is 45.2 Å². The van der Waals surface area contributed by atoms with Gasteiger partial charge in [0, 0.05) is 21.3 Å². The van der Waals surface area contributed by atoms with E-state index in [0.29, 0.717) is 15.6 Å². The maximum Gasteiger partial charge on any atom is 0.316 e. The number of nitrogens with one attached hydrogen (secondary N) is 1. The second-order valence-corrected chi connectivity index (χ2v) is 6.21. The van der Waals surface area contributed by atoms with Crippen LogP contribution in [0.5, 0.6) is 0 Å². The Labute approximate surface area is 137 Å². The number of carbonyl (C=O) groups excluding carboxylic acids is 1. The second-order valence-electron chi connectivity index (χ2n) is 4.41. The molecule has 0 saturated heterocycles. The van der Waals surface area contributed by atoms with Gasteiger partial charge in [0.1, 0.15) is 6.61 Å². The summed E-state index contributed by atoms with van der Waals surface area (Å²) in [7, 11) is 0. The molecule has 0 bridgehead atoms. The Morgan fingerprint density at radius 2 is 2.00 bits per heavy atom. The van der Waals surface area contributed by atoms with Crippen molar-refractivity contribution in [1.29, 1.82) is 0 Å². The Balaban J connectivity index is 1.88. The SMILES string of the molecule is Cc1n[nH]c(C)c1SCC(=O)OCc1c(Cl)cccc1Cl. The van der Waals surface area contributed by atoms with Crippen LogP contribution in [0.4, 0.5) is 0 Å². The fourth-order valence-corrected chi connectivity index (χ4v) is 3.12. The number of aromatic amines is 1. The molecule has 4 nitrogen and oxygen atoms in total. The second kappa shape index (κ2) is 7.20. The highest BCUT2D eigenvalue weighted by Crippen LogP contribution is 2.26. The van der Waals surface area contributed by atoms with Crippen LogP contribution in [-0.2, 0) is 16.1 Å².